The Morgan fingerprint density at radius 2 is 2.00 bits per heavy atom. The third kappa shape index (κ3) is 3.65. The fraction of sp³-hybridized carbons (Fsp3) is 0.455. The van der Waals surface area contributed by atoms with Crippen molar-refractivity contribution < 1.29 is 5.11 Å². The Morgan fingerprint density at radius 3 is 2.69 bits per heavy atom. The van der Waals surface area contributed by atoms with E-state index in [9.17, 15) is 10.4 Å². The number of aliphatic hydroxyl groups excluding tert-OH is 1. The standard InChI is InChI=1S/C22H27N3O/c1-21(2,20-9-5-6-13-24-20)25-14-12-22(16-25,17-26)11-10-18-7-3-4-8-19(18)15-23/h3-9,13,26H,10-12,14,16-17H2,1-2H3/t22-/m1/s1. The van der Waals surface area contributed by atoms with Gasteiger partial charge in [-0.3, -0.25) is 9.88 Å². The fourth-order valence-corrected chi connectivity index (χ4v) is 3.96. The minimum atomic E-state index is -0.164. The molecule has 4 nitrogen and oxygen atoms in total. The molecule has 0 spiro atoms. The van der Waals surface area contributed by atoms with Crippen LogP contribution in [0.25, 0.3) is 0 Å². The second-order valence-electron chi connectivity index (χ2n) is 7.87. The number of aliphatic hydroxyl groups is 1. The van der Waals surface area contributed by atoms with Gasteiger partial charge in [-0.05, 0) is 63.4 Å². The van der Waals surface area contributed by atoms with Crippen molar-refractivity contribution in [2.45, 2.75) is 38.6 Å². The maximum Gasteiger partial charge on any atom is 0.0994 e. The van der Waals surface area contributed by atoms with Gasteiger partial charge in [0.1, 0.15) is 0 Å². The average molecular weight is 349 g/mol. The molecule has 1 aliphatic heterocycles. The van der Waals surface area contributed by atoms with Crippen LogP contribution in [-0.4, -0.2) is 34.7 Å². The SMILES string of the molecule is CC(C)(c1ccccn1)N1CC[C@](CO)(CCc2ccccc2C#N)C1. The molecule has 0 saturated carbocycles. The predicted molar refractivity (Wildman–Crippen MR) is 102 cm³/mol. The quantitative estimate of drug-likeness (QED) is 0.867. The number of pyridine rings is 1. The Balaban J connectivity index is 1.73. The fourth-order valence-electron chi connectivity index (χ4n) is 3.96. The lowest BCUT2D eigenvalue weighted by atomic mass is 9.81. The first-order valence-electron chi connectivity index (χ1n) is 9.26. The lowest BCUT2D eigenvalue weighted by Crippen LogP contribution is -2.42. The minimum absolute atomic E-state index is 0.116. The van der Waals surface area contributed by atoms with Crippen LogP contribution in [0.3, 0.4) is 0 Å². The number of aromatic nitrogens is 1. The van der Waals surface area contributed by atoms with Crippen LogP contribution >= 0.6 is 0 Å². The zero-order valence-electron chi connectivity index (χ0n) is 15.7. The third-order valence-corrected chi connectivity index (χ3v) is 5.92. The lowest BCUT2D eigenvalue weighted by molar-refractivity contribution is 0.0854. The molecule has 136 valence electrons. The van der Waals surface area contributed by atoms with Gasteiger partial charge in [-0.15, -0.1) is 0 Å². The molecule has 1 N–H and O–H groups in total. The summed E-state index contributed by atoms with van der Waals surface area (Å²) in [5.74, 6) is 0. The largest absolute Gasteiger partial charge is 0.396 e. The van der Waals surface area contributed by atoms with Gasteiger partial charge in [-0.2, -0.15) is 5.26 Å². The van der Waals surface area contributed by atoms with Crippen LogP contribution in [0.15, 0.2) is 48.7 Å². The van der Waals surface area contributed by atoms with Crippen molar-refractivity contribution in [2.75, 3.05) is 19.7 Å². The first-order chi connectivity index (χ1) is 12.5. The third-order valence-electron chi connectivity index (χ3n) is 5.92. The van der Waals surface area contributed by atoms with Gasteiger partial charge in [0.15, 0.2) is 0 Å². The Labute approximate surface area is 156 Å². The minimum Gasteiger partial charge on any atom is -0.396 e. The second kappa shape index (κ2) is 7.57. The topological polar surface area (TPSA) is 60.1 Å². The summed E-state index contributed by atoms with van der Waals surface area (Å²) < 4.78 is 0. The number of hydrogen-bond acceptors (Lipinski definition) is 4. The highest BCUT2D eigenvalue weighted by molar-refractivity contribution is 5.37. The number of nitriles is 1. The van der Waals surface area contributed by atoms with Gasteiger partial charge in [0.05, 0.1) is 22.9 Å². The molecule has 0 unspecified atom stereocenters. The maximum atomic E-state index is 10.2. The van der Waals surface area contributed by atoms with Gasteiger partial charge in [0, 0.05) is 24.8 Å². The highest BCUT2D eigenvalue weighted by Gasteiger charge is 2.43. The molecule has 1 fully saturated rings. The van der Waals surface area contributed by atoms with Crippen molar-refractivity contribution in [2.24, 2.45) is 5.41 Å². The summed E-state index contributed by atoms with van der Waals surface area (Å²) in [4.78, 5) is 6.98. The van der Waals surface area contributed by atoms with Crippen molar-refractivity contribution in [1.29, 1.82) is 5.26 Å². The zero-order valence-corrected chi connectivity index (χ0v) is 15.7. The number of benzene rings is 1. The summed E-state index contributed by atoms with van der Waals surface area (Å²) in [6, 6.07) is 16.1. The van der Waals surface area contributed by atoms with Crippen LogP contribution < -0.4 is 0 Å². The van der Waals surface area contributed by atoms with Crippen LogP contribution in [0.1, 0.15) is 43.5 Å². The number of rotatable bonds is 6. The van der Waals surface area contributed by atoms with Crippen LogP contribution in [0.5, 0.6) is 0 Å². The second-order valence-corrected chi connectivity index (χ2v) is 7.87. The summed E-state index contributed by atoms with van der Waals surface area (Å²) in [5, 5.41) is 19.5. The molecule has 26 heavy (non-hydrogen) atoms. The predicted octanol–water partition coefficient (Wildman–Crippen LogP) is 3.51. The molecule has 1 aromatic carbocycles. The Hall–Kier alpha value is -2.22. The van der Waals surface area contributed by atoms with E-state index in [1.54, 1.807) is 0 Å². The van der Waals surface area contributed by atoms with E-state index in [0.29, 0.717) is 0 Å². The molecule has 2 heterocycles. The molecule has 3 rings (SSSR count). The number of likely N-dealkylation sites (tertiary alicyclic amines) is 1. The van der Waals surface area contributed by atoms with Crippen molar-refractivity contribution in [3.63, 3.8) is 0 Å². The van der Waals surface area contributed by atoms with E-state index in [4.69, 9.17) is 0 Å². The summed E-state index contributed by atoms with van der Waals surface area (Å²) in [7, 11) is 0. The molecular formula is C22H27N3O. The van der Waals surface area contributed by atoms with Gasteiger partial charge in [0.2, 0.25) is 0 Å². The molecule has 1 atom stereocenters. The molecule has 1 aromatic heterocycles. The van der Waals surface area contributed by atoms with Crippen molar-refractivity contribution in [3.8, 4) is 6.07 Å². The highest BCUT2D eigenvalue weighted by atomic mass is 16.3. The highest BCUT2D eigenvalue weighted by Crippen LogP contribution is 2.40. The van der Waals surface area contributed by atoms with Gasteiger partial charge >= 0.3 is 0 Å². The Morgan fingerprint density at radius 1 is 1.23 bits per heavy atom. The van der Waals surface area contributed by atoms with E-state index in [-0.39, 0.29) is 17.6 Å². The van der Waals surface area contributed by atoms with Gasteiger partial charge in [-0.25, -0.2) is 0 Å². The summed E-state index contributed by atoms with van der Waals surface area (Å²) in [5.41, 5.74) is 2.59. The number of aryl methyl sites for hydroxylation is 1. The van der Waals surface area contributed by atoms with E-state index in [0.717, 1.165) is 49.2 Å². The summed E-state index contributed by atoms with van der Waals surface area (Å²) in [6.07, 6.45) is 4.51. The Bertz CT molecular complexity index is 781. The molecule has 4 heteroatoms. The molecule has 0 bridgehead atoms. The van der Waals surface area contributed by atoms with E-state index < -0.39 is 0 Å². The van der Waals surface area contributed by atoms with Crippen LogP contribution in [0, 0.1) is 16.7 Å². The van der Waals surface area contributed by atoms with Crippen molar-refractivity contribution in [1.82, 2.24) is 9.88 Å². The van der Waals surface area contributed by atoms with Gasteiger partial charge < -0.3 is 5.11 Å². The average Bonchev–Trinajstić information content (AvgIpc) is 3.13. The molecule has 0 aliphatic carbocycles. The van der Waals surface area contributed by atoms with Crippen LogP contribution in [-0.2, 0) is 12.0 Å². The zero-order chi connectivity index (χ0) is 18.6. The molecule has 0 radical (unpaired) electrons. The van der Waals surface area contributed by atoms with Crippen LogP contribution in [0.4, 0.5) is 0 Å². The van der Waals surface area contributed by atoms with Gasteiger partial charge in [0.25, 0.3) is 0 Å². The molecular weight excluding hydrogens is 322 g/mol. The van der Waals surface area contributed by atoms with E-state index in [2.05, 4.69) is 35.9 Å². The molecule has 2 aromatic rings. The molecule has 1 saturated heterocycles. The molecule has 0 amide bonds. The lowest BCUT2D eigenvalue weighted by Gasteiger charge is -2.37. The number of nitrogens with zero attached hydrogens (tertiary/aromatic N) is 3. The summed E-state index contributed by atoms with van der Waals surface area (Å²) >= 11 is 0. The summed E-state index contributed by atoms with van der Waals surface area (Å²) in [6.45, 7) is 6.38. The number of hydrogen-bond donors (Lipinski definition) is 1. The van der Waals surface area contributed by atoms with Gasteiger partial charge in [-0.1, -0.05) is 24.3 Å². The smallest absolute Gasteiger partial charge is 0.0994 e. The first kappa shape index (κ1) is 18.6. The normalized spacial score (nSPS) is 20.8. The first-order valence-corrected chi connectivity index (χ1v) is 9.26. The monoisotopic (exact) mass is 349 g/mol. The van der Waals surface area contributed by atoms with E-state index >= 15 is 0 Å². The van der Waals surface area contributed by atoms with Crippen molar-refractivity contribution in [3.05, 3.63) is 65.5 Å². The van der Waals surface area contributed by atoms with E-state index in [1.807, 2.05) is 42.6 Å². The Kier molecular flexibility index (Phi) is 5.41. The van der Waals surface area contributed by atoms with Crippen LogP contribution in [0.2, 0.25) is 0 Å². The maximum absolute atomic E-state index is 10.2. The molecule has 1 aliphatic rings. The van der Waals surface area contributed by atoms with Crippen molar-refractivity contribution >= 4 is 0 Å². The van der Waals surface area contributed by atoms with E-state index in [1.165, 1.54) is 0 Å².